The third-order valence-corrected chi connectivity index (χ3v) is 2.35. The second-order valence-corrected chi connectivity index (χ2v) is 3.22. The van der Waals surface area contributed by atoms with Crippen LogP contribution in [-0.4, -0.2) is 10.2 Å². The molecule has 58 valence electrons. The molecular formula is C8H4BrN3. The van der Waals surface area contributed by atoms with Crippen molar-refractivity contribution >= 4 is 26.8 Å². The summed E-state index contributed by atoms with van der Waals surface area (Å²) < 4.78 is 0.805. The predicted octanol–water partition coefficient (Wildman–Crippen LogP) is 2.20. The van der Waals surface area contributed by atoms with Crippen molar-refractivity contribution in [1.29, 1.82) is 5.26 Å². The number of aromatic nitrogens is 2. The van der Waals surface area contributed by atoms with Gasteiger partial charge >= 0.3 is 0 Å². The van der Waals surface area contributed by atoms with E-state index in [4.69, 9.17) is 5.26 Å². The number of H-pyrrole nitrogens is 1. The van der Waals surface area contributed by atoms with Crippen LogP contribution in [0.2, 0.25) is 0 Å². The lowest BCUT2D eigenvalue weighted by atomic mass is 10.1. The number of hydrogen-bond donors (Lipinski definition) is 1. The van der Waals surface area contributed by atoms with Crippen LogP contribution < -0.4 is 0 Å². The first kappa shape index (κ1) is 7.32. The minimum absolute atomic E-state index is 0.626. The van der Waals surface area contributed by atoms with E-state index in [1.807, 2.05) is 12.1 Å². The molecule has 1 aromatic heterocycles. The highest BCUT2D eigenvalue weighted by Gasteiger charge is 2.05. The number of rotatable bonds is 0. The van der Waals surface area contributed by atoms with Crippen LogP contribution in [0.15, 0.2) is 22.8 Å². The highest BCUT2D eigenvalue weighted by Crippen LogP contribution is 2.23. The number of fused-ring (bicyclic) bond motifs is 1. The molecule has 0 aliphatic heterocycles. The Hall–Kier alpha value is -1.34. The van der Waals surface area contributed by atoms with Crippen molar-refractivity contribution in [2.75, 3.05) is 0 Å². The van der Waals surface area contributed by atoms with Gasteiger partial charge in [0, 0.05) is 9.86 Å². The SMILES string of the molecule is N#Cc1c(Br)ccc2[nH]ncc12. The fraction of sp³-hybridized carbons (Fsp3) is 0. The van der Waals surface area contributed by atoms with Crippen molar-refractivity contribution in [3.63, 3.8) is 0 Å². The quantitative estimate of drug-likeness (QED) is 0.742. The molecule has 2 aromatic rings. The first-order valence-electron chi connectivity index (χ1n) is 3.34. The summed E-state index contributed by atoms with van der Waals surface area (Å²) in [6.07, 6.45) is 1.65. The summed E-state index contributed by atoms with van der Waals surface area (Å²) in [7, 11) is 0. The average Bonchev–Trinajstić information content (AvgIpc) is 2.52. The zero-order valence-corrected chi connectivity index (χ0v) is 7.59. The lowest BCUT2D eigenvalue weighted by Crippen LogP contribution is -1.78. The molecule has 1 aromatic carbocycles. The first-order chi connectivity index (χ1) is 5.83. The topological polar surface area (TPSA) is 52.5 Å². The molecule has 2 rings (SSSR count). The van der Waals surface area contributed by atoms with Crippen LogP contribution in [0.25, 0.3) is 10.9 Å². The fourth-order valence-corrected chi connectivity index (χ4v) is 1.54. The van der Waals surface area contributed by atoms with Crippen LogP contribution in [0, 0.1) is 11.3 Å². The largest absolute Gasteiger partial charge is 0.278 e. The van der Waals surface area contributed by atoms with Gasteiger partial charge < -0.3 is 0 Å². The number of nitrogens with zero attached hydrogens (tertiary/aromatic N) is 2. The Morgan fingerprint density at radius 1 is 1.50 bits per heavy atom. The summed E-state index contributed by atoms with van der Waals surface area (Å²) in [6, 6.07) is 5.83. The number of hydrogen-bond acceptors (Lipinski definition) is 2. The van der Waals surface area contributed by atoms with E-state index in [2.05, 4.69) is 32.2 Å². The van der Waals surface area contributed by atoms with E-state index in [0.717, 1.165) is 15.4 Å². The molecule has 0 bridgehead atoms. The molecule has 1 heterocycles. The molecule has 0 saturated carbocycles. The summed E-state index contributed by atoms with van der Waals surface area (Å²) in [4.78, 5) is 0. The molecule has 0 saturated heterocycles. The molecule has 0 fully saturated rings. The van der Waals surface area contributed by atoms with Gasteiger partial charge in [-0.1, -0.05) is 0 Å². The summed E-state index contributed by atoms with van der Waals surface area (Å²) in [5, 5.41) is 16.3. The van der Waals surface area contributed by atoms with Crippen molar-refractivity contribution in [2.24, 2.45) is 0 Å². The van der Waals surface area contributed by atoms with Crippen LogP contribution >= 0.6 is 15.9 Å². The van der Waals surface area contributed by atoms with Gasteiger partial charge in [0.05, 0.1) is 17.3 Å². The highest BCUT2D eigenvalue weighted by molar-refractivity contribution is 9.10. The number of nitrogens with one attached hydrogen (secondary N) is 1. The fourth-order valence-electron chi connectivity index (χ4n) is 1.10. The molecule has 0 amide bonds. The first-order valence-corrected chi connectivity index (χ1v) is 4.14. The summed E-state index contributed by atoms with van der Waals surface area (Å²) in [5.41, 5.74) is 1.51. The maximum absolute atomic E-state index is 8.81. The summed E-state index contributed by atoms with van der Waals surface area (Å²) >= 11 is 3.30. The second kappa shape index (κ2) is 2.61. The molecule has 1 N–H and O–H groups in total. The van der Waals surface area contributed by atoms with Gasteiger partial charge in [0.1, 0.15) is 6.07 Å². The molecule has 0 radical (unpaired) electrons. The van der Waals surface area contributed by atoms with Crippen LogP contribution in [0.1, 0.15) is 5.56 Å². The Balaban J connectivity index is 2.94. The van der Waals surface area contributed by atoms with Crippen LogP contribution in [0.4, 0.5) is 0 Å². The van der Waals surface area contributed by atoms with E-state index in [-0.39, 0.29) is 0 Å². The maximum atomic E-state index is 8.81. The Kier molecular flexibility index (Phi) is 1.59. The number of aromatic amines is 1. The number of nitriles is 1. The van der Waals surface area contributed by atoms with E-state index in [0.29, 0.717) is 5.56 Å². The van der Waals surface area contributed by atoms with Gasteiger partial charge in [-0.25, -0.2) is 0 Å². The molecule has 0 aliphatic rings. The Morgan fingerprint density at radius 3 is 3.08 bits per heavy atom. The zero-order chi connectivity index (χ0) is 8.55. The average molecular weight is 222 g/mol. The van der Waals surface area contributed by atoms with Gasteiger partial charge in [-0.15, -0.1) is 0 Å². The van der Waals surface area contributed by atoms with E-state index in [1.165, 1.54) is 0 Å². The Morgan fingerprint density at radius 2 is 2.33 bits per heavy atom. The van der Waals surface area contributed by atoms with Gasteiger partial charge in [-0.3, -0.25) is 5.10 Å². The molecule has 0 spiro atoms. The van der Waals surface area contributed by atoms with Crippen LogP contribution in [0.3, 0.4) is 0 Å². The Labute approximate surface area is 77.1 Å². The van der Waals surface area contributed by atoms with Crippen molar-refractivity contribution in [2.45, 2.75) is 0 Å². The smallest absolute Gasteiger partial charge is 0.101 e. The van der Waals surface area contributed by atoms with Gasteiger partial charge in [-0.2, -0.15) is 10.4 Å². The molecule has 3 nitrogen and oxygen atoms in total. The lowest BCUT2D eigenvalue weighted by Gasteiger charge is -1.94. The van der Waals surface area contributed by atoms with E-state index < -0.39 is 0 Å². The van der Waals surface area contributed by atoms with E-state index >= 15 is 0 Å². The van der Waals surface area contributed by atoms with Gasteiger partial charge in [0.15, 0.2) is 0 Å². The lowest BCUT2D eigenvalue weighted by molar-refractivity contribution is 1.12. The molecule has 0 atom stereocenters. The normalized spacial score (nSPS) is 10.0. The minimum Gasteiger partial charge on any atom is -0.278 e. The van der Waals surface area contributed by atoms with Crippen LogP contribution in [0.5, 0.6) is 0 Å². The zero-order valence-electron chi connectivity index (χ0n) is 6.00. The maximum Gasteiger partial charge on any atom is 0.101 e. The van der Waals surface area contributed by atoms with E-state index in [1.54, 1.807) is 6.20 Å². The predicted molar refractivity (Wildman–Crippen MR) is 48.5 cm³/mol. The van der Waals surface area contributed by atoms with Crippen LogP contribution in [-0.2, 0) is 0 Å². The monoisotopic (exact) mass is 221 g/mol. The second-order valence-electron chi connectivity index (χ2n) is 2.37. The number of halogens is 1. The molecular weight excluding hydrogens is 218 g/mol. The van der Waals surface area contributed by atoms with E-state index in [9.17, 15) is 0 Å². The van der Waals surface area contributed by atoms with Crippen molar-refractivity contribution in [1.82, 2.24) is 10.2 Å². The van der Waals surface area contributed by atoms with Gasteiger partial charge in [0.25, 0.3) is 0 Å². The van der Waals surface area contributed by atoms with Gasteiger partial charge in [0.2, 0.25) is 0 Å². The summed E-state index contributed by atoms with van der Waals surface area (Å²) in [5.74, 6) is 0. The summed E-state index contributed by atoms with van der Waals surface area (Å²) in [6.45, 7) is 0. The van der Waals surface area contributed by atoms with Gasteiger partial charge in [-0.05, 0) is 28.1 Å². The molecule has 4 heteroatoms. The van der Waals surface area contributed by atoms with Crippen molar-refractivity contribution < 1.29 is 0 Å². The van der Waals surface area contributed by atoms with Crippen molar-refractivity contribution in [3.8, 4) is 6.07 Å². The molecule has 0 unspecified atom stereocenters. The van der Waals surface area contributed by atoms with Crippen molar-refractivity contribution in [3.05, 3.63) is 28.4 Å². The molecule has 0 aliphatic carbocycles. The number of benzene rings is 1. The highest BCUT2D eigenvalue weighted by atomic mass is 79.9. The third-order valence-electron chi connectivity index (χ3n) is 1.69. The minimum atomic E-state index is 0.626. The Bertz CT molecular complexity index is 467. The standard InChI is InChI=1S/C8H4BrN3/c9-7-1-2-8-6(4-11-12-8)5(7)3-10/h1-2,4H,(H,11,12). The third kappa shape index (κ3) is 0.908. The molecule has 12 heavy (non-hydrogen) atoms.